The van der Waals surface area contributed by atoms with Crippen molar-refractivity contribution in [2.45, 2.75) is 51.1 Å². The number of nitrogens with one attached hydrogen (secondary N) is 1. The van der Waals surface area contributed by atoms with E-state index in [1.165, 1.54) is 26.4 Å². The number of methoxy groups -OCH3 is 1. The molecule has 100 valence electrons. The topological polar surface area (TPSA) is 41.6 Å². The number of carbonyl (C=O) groups is 1. The zero-order valence-electron chi connectivity index (χ0n) is 11.4. The third-order valence-electron chi connectivity index (χ3n) is 3.59. The quantitative estimate of drug-likeness (QED) is 0.653. The van der Waals surface area contributed by atoms with Gasteiger partial charge in [0.05, 0.1) is 7.11 Å². The van der Waals surface area contributed by atoms with Crippen LogP contribution in [-0.2, 0) is 9.53 Å². The summed E-state index contributed by atoms with van der Waals surface area (Å²) in [7, 11) is 3.61. The maximum Gasteiger partial charge on any atom is 0.322 e. The van der Waals surface area contributed by atoms with Crippen LogP contribution in [0.4, 0.5) is 0 Å². The van der Waals surface area contributed by atoms with Gasteiger partial charge in [0.2, 0.25) is 0 Å². The van der Waals surface area contributed by atoms with E-state index in [2.05, 4.69) is 24.2 Å². The number of rotatable bonds is 8. The van der Waals surface area contributed by atoms with Crippen molar-refractivity contribution < 1.29 is 9.53 Å². The van der Waals surface area contributed by atoms with Gasteiger partial charge in [0.25, 0.3) is 0 Å². The summed E-state index contributed by atoms with van der Waals surface area (Å²) in [6.45, 7) is 3.93. The van der Waals surface area contributed by atoms with Gasteiger partial charge in [-0.2, -0.15) is 0 Å². The normalized spacial score (nSPS) is 17.9. The molecule has 0 aromatic heterocycles. The van der Waals surface area contributed by atoms with Crippen LogP contribution in [0.3, 0.4) is 0 Å². The predicted molar refractivity (Wildman–Crippen MR) is 69.0 cm³/mol. The zero-order valence-corrected chi connectivity index (χ0v) is 11.4. The molecule has 17 heavy (non-hydrogen) atoms. The summed E-state index contributed by atoms with van der Waals surface area (Å²) in [4.78, 5) is 13.9. The van der Waals surface area contributed by atoms with E-state index in [1.54, 1.807) is 0 Å². The summed E-state index contributed by atoms with van der Waals surface area (Å²) >= 11 is 0. The predicted octanol–water partition coefficient (Wildman–Crippen LogP) is 1.40. The fourth-order valence-electron chi connectivity index (χ4n) is 2.11. The molecule has 0 aromatic carbocycles. The Bertz CT molecular complexity index is 229. The van der Waals surface area contributed by atoms with Gasteiger partial charge in [-0.3, -0.25) is 4.79 Å². The van der Waals surface area contributed by atoms with E-state index in [9.17, 15) is 4.79 Å². The molecule has 0 heterocycles. The van der Waals surface area contributed by atoms with Gasteiger partial charge in [0.1, 0.15) is 6.04 Å². The first kappa shape index (κ1) is 14.5. The van der Waals surface area contributed by atoms with Gasteiger partial charge >= 0.3 is 5.97 Å². The van der Waals surface area contributed by atoms with Gasteiger partial charge < -0.3 is 15.0 Å². The molecule has 1 N–H and O–H groups in total. The molecule has 1 fully saturated rings. The van der Waals surface area contributed by atoms with Crippen LogP contribution in [0.2, 0.25) is 0 Å². The average molecular weight is 242 g/mol. The Balaban J connectivity index is 2.28. The highest BCUT2D eigenvalue weighted by molar-refractivity contribution is 5.75. The number of ether oxygens (including phenoxy) is 1. The van der Waals surface area contributed by atoms with Crippen LogP contribution in [0, 0.1) is 0 Å². The minimum atomic E-state index is -0.150. The Kier molecular flexibility index (Phi) is 6.52. The molecule has 0 saturated heterocycles. The second-order valence-corrected chi connectivity index (χ2v) is 4.88. The van der Waals surface area contributed by atoms with Crippen molar-refractivity contribution in [2.75, 3.05) is 27.2 Å². The van der Waals surface area contributed by atoms with Crippen molar-refractivity contribution in [2.24, 2.45) is 0 Å². The molecule has 0 radical (unpaired) electrons. The van der Waals surface area contributed by atoms with Crippen LogP contribution in [-0.4, -0.2) is 50.2 Å². The van der Waals surface area contributed by atoms with Crippen molar-refractivity contribution in [1.29, 1.82) is 0 Å². The Morgan fingerprint density at radius 2 is 2.24 bits per heavy atom. The fraction of sp³-hybridized carbons (Fsp3) is 0.923. The first-order chi connectivity index (χ1) is 8.19. The summed E-state index contributed by atoms with van der Waals surface area (Å²) in [5.74, 6) is -0.138. The molecule has 1 saturated carbocycles. The molecule has 0 amide bonds. The highest BCUT2D eigenvalue weighted by atomic mass is 16.5. The Morgan fingerprint density at radius 3 is 2.71 bits per heavy atom. The molecule has 4 nitrogen and oxygen atoms in total. The summed E-state index contributed by atoms with van der Waals surface area (Å²) < 4.78 is 4.82. The molecular weight excluding hydrogens is 216 g/mol. The van der Waals surface area contributed by atoms with Gasteiger partial charge in [-0.1, -0.05) is 13.3 Å². The van der Waals surface area contributed by atoms with Crippen molar-refractivity contribution >= 4 is 5.97 Å². The van der Waals surface area contributed by atoms with Crippen molar-refractivity contribution in [3.8, 4) is 0 Å². The lowest BCUT2D eigenvalue weighted by Gasteiger charge is -2.35. The Morgan fingerprint density at radius 1 is 1.53 bits per heavy atom. The second-order valence-electron chi connectivity index (χ2n) is 4.88. The monoisotopic (exact) mass is 242 g/mol. The third kappa shape index (κ3) is 4.64. The van der Waals surface area contributed by atoms with Crippen molar-refractivity contribution in [3.63, 3.8) is 0 Å². The summed E-state index contributed by atoms with van der Waals surface area (Å²) in [5.41, 5.74) is 0. The van der Waals surface area contributed by atoms with E-state index >= 15 is 0 Å². The lowest BCUT2D eigenvalue weighted by atomic mass is 9.91. The van der Waals surface area contributed by atoms with E-state index in [1.807, 2.05) is 0 Å². The number of esters is 1. The van der Waals surface area contributed by atoms with Gasteiger partial charge in [-0.15, -0.1) is 0 Å². The van der Waals surface area contributed by atoms with Crippen molar-refractivity contribution in [1.82, 2.24) is 10.2 Å². The van der Waals surface area contributed by atoms with Gasteiger partial charge in [0, 0.05) is 12.6 Å². The summed E-state index contributed by atoms with van der Waals surface area (Å²) in [5, 5.41) is 3.25. The van der Waals surface area contributed by atoms with E-state index in [-0.39, 0.29) is 12.0 Å². The molecule has 1 atom stereocenters. The molecule has 1 unspecified atom stereocenters. The maximum atomic E-state index is 11.6. The molecular formula is C13H26N2O2. The molecule has 1 aliphatic carbocycles. The van der Waals surface area contributed by atoms with Gasteiger partial charge in [0.15, 0.2) is 0 Å². The largest absolute Gasteiger partial charge is 0.468 e. The number of nitrogens with zero attached hydrogens (tertiary/aromatic N) is 1. The Labute approximate surface area is 105 Å². The first-order valence-corrected chi connectivity index (χ1v) is 6.70. The lowest BCUT2D eigenvalue weighted by molar-refractivity contribution is -0.143. The van der Waals surface area contributed by atoms with Crippen molar-refractivity contribution in [3.05, 3.63) is 0 Å². The fourth-order valence-corrected chi connectivity index (χ4v) is 2.11. The SMILES string of the molecule is CCCNC(CCN(C)C1CCC1)C(=O)OC. The van der Waals surface area contributed by atoms with Crippen LogP contribution in [0.5, 0.6) is 0 Å². The van der Waals surface area contributed by atoms with E-state index in [0.29, 0.717) is 0 Å². The minimum Gasteiger partial charge on any atom is -0.468 e. The molecule has 0 aliphatic heterocycles. The second kappa shape index (κ2) is 7.67. The highest BCUT2D eigenvalue weighted by Gasteiger charge is 2.24. The minimum absolute atomic E-state index is 0.138. The number of hydrogen-bond acceptors (Lipinski definition) is 4. The smallest absolute Gasteiger partial charge is 0.322 e. The zero-order chi connectivity index (χ0) is 12.7. The third-order valence-corrected chi connectivity index (χ3v) is 3.59. The van der Waals surface area contributed by atoms with Crippen LogP contribution in [0.25, 0.3) is 0 Å². The molecule has 0 aromatic rings. The molecule has 0 spiro atoms. The van der Waals surface area contributed by atoms with Crippen LogP contribution in [0.1, 0.15) is 39.0 Å². The number of hydrogen-bond donors (Lipinski definition) is 1. The van der Waals surface area contributed by atoms with Gasteiger partial charge in [-0.25, -0.2) is 0 Å². The first-order valence-electron chi connectivity index (χ1n) is 6.70. The average Bonchev–Trinajstić information content (AvgIpc) is 2.26. The van der Waals surface area contributed by atoms with Crippen LogP contribution in [0.15, 0.2) is 0 Å². The number of carbonyl (C=O) groups excluding carboxylic acids is 1. The van der Waals surface area contributed by atoms with E-state index in [4.69, 9.17) is 4.74 Å². The van der Waals surface area contributed by atoms with Crippen LogP contribution >= 0.6 is 0 Å². The van der Waals surface area contributed by atoms with E-state index in [0.717, 1.165) is 32.0 Å². The lowest BCUT2D eigenvalue weighted by Crippen LogP contribution is -2.43. The van der Waals surface area contributed by atoms with E-state index < -0.39 is 0 Å². The van der Waals surface area contributed by atoms with Crippen LogP contribution < -0.4 is 5.32 Å². The Hall–Kier alpha value is -0.610. The molecule has 1 rings (SSSR count). The summed E-state index contributed by atoms with van der Waals surface area (Å²) in [6, 6.07) is 0.585. The maximum absolute atomic E-state index is 11.6. The molecule has 1 aliphatic rings. The molecule has 4 heteroatoms. The molecule has 0 bridgehead atoms. The van der Waals surface area contributed by atoms with Gasteiger partial charge in [-0.05, 0) is 39.3 Å². The standard InChI is InChI=1S/C13H26N2O2/c1-4-9-14-12(13(16)17-3)8-10-15(2)11-6-5-7-11/h11-12,14H,4-10H2,1-3H3. The highest BCUT2D eigenvalue weighted by Crippen LogP contribution is 2.23. The summed E-state index contributed by atoms with van der Waals surface area (Å²) in [6.07, 6.45) is 5.83.